The van der Waals surface area contributed by atoms with Gasteiger partial charge in [-0.25, -0.2) is 0 Å². The molecule has 0 fully saturated rings. The first kappa shape index (κ1) is 13.1. The van der Waals surface area contributed by atoms with E-state index in [9.17, 15) is 5.11 Å². The Bertz CT molecular complexity index is 336. The summed E-state index contributed by atoms with van der Waals surface area (Å²) in [5.41, 5.74) is 1.77. The van der Waals surface area contributed by atoms with Gasteiger partial charge in [0.05, 0.1) is 11.7 Å². The van der Waals surface area contributed by atoms with Gasteiger partial charge in [0.25, 0.3) is 0 Å². The lowest BCUT2D eigenvalue weighted by Gasteiger charge is -2.24. The van der Waals surface area contributed by atoms with E-state index in [0.717, 1.165) is 17.5 Å². The fourth-order valence-corrected chi connectivity index (χ4v) is 1.51. The largest absolute Gasteiger partial charge is 0.388 e. The Kier molecular flexibility index (Phi) is 4.44. The Labute approximate surface area is 97.5 Å². The first-order valence-corrected chi connectivity index (χ1v) is 5.59. The van der Waals surface area contributed by atoms with Gasteiger partial charge in [0.2, 0.25) is 0 Å². The van der Waals surface area contributed by atoms with Crippen LogP contribution < -0.4 is 0 Å². The summed E-state index contributed by atoms with van der Waals surface area (Å²) >= 11 is 0. The predicted octanol–water partition coefficient (Wildman–Crippen LogP) is 2.63. The lowest BCUT2D eigenvalue weighted by atomic mass is 9.97. The smallest absolute Gasteiger partial charge is 0.0806 e. The van der Waals surface area contributed by atoms with Crippen molar-refractivity contribution in [2.24, 2.45) is 0 Å². The molecule has 16 heavy (non-hydrogen) atoms. The van der Waals surface area contributed by atoms with Crippen LogP contribution in [0.1, 0.15) is 43.9 Å². The number of pyridine rings is 1. The summed E-state index contributed by atoms with van der Waals surface area (Å²) < 4.78 is 5.32. The van der Waals surface area contributed by atoms with Gasteiger partial charge in [-0.2, -0.15) is 0 Å². The Balaban J connectivity index is 2.56. The molecule has 0 aliphatic heterocycles. The van der Waals surface area contributed by atoms with Crippen molar-refractivity contribution in [2.45, 2.75) is 45.3 Å². The third-order valence-corrected chi connectivity index (χ3v) is 2.85. The highest BCUT2D eigenvalue weighted by Crippen LogP contribution is 2.24. The van der Waals surface area contributed by atoms with Crippen molar-refractivity contribution < 1.29 is 9.84 Å². The second-order valence-electron chi connectivity index (χ2n) is 4.81. The molecule has 1 atom stereocenters. The molecule has 3 nitrogen and oxygen atoms in total. The van der Waals surface area contributed by atoms with Crippen LogP contribution in [-0.4, -0.2) is 22.8 Å². The van der Waals surface area contributed by atoms with Gasteiger partial charge >= 0.3 is 0 Å². The molecule has 0 saturated carbocycles. The SMILES string of the molecule is COC(C)(C)CCC(O)c1cncc(C)c1. The number of methoxy groups -OCH3 is 1. The molecule has 0 spiro atoms. The third kappa shape index (κ3) is 3.91. The van der Waals surface area contributed by atoms with E-state index in [0.29, 0.717) is 6.42 Å². The molecule has 1 N–H and O–H groups in total. The van der Waals surface area contributed by atoms with Crippen LogP contribution in [0.25, 0.3) is 0 Å². The van der Waals surface area contributed by atoms with Crippen LogP contribution in [0.5, 0.6) is 0 Å². The van der Waals surface area contributed by atoms with Crippen molar-refractivity contribution in [1.29, 1.82) is 0 Å². The summed E-state index contributed by atoms with van der Waals surface area (Å²) in [6, 6.07) is 1.97. The average molecular weight is 223 g/mol. The van der Waals surface area contributed by atoms with Crippen molar-refractivity contribution >= 4 is 0 Å². The molecular formula is C13H21NO2. The van der Waals surface area contributed by atoms with Crippen molar-refractivity contribution in [3.63, 3.8) is 0 Å². The number of aromatic nitrogens is 1. The quantitative estimate of drug-likeness (QED) is 0.834. The van der Waals surface area contributed by atoms with E-state index < -0.39 is 6.10 Å². The molecule has 1 aromatic rings. The Morgan fingerprint density at radius 3 is 2.69 bits per heavy atom. The van der Waals surface area contributed by atoms with Gasteiger partial charge in [0, 0.05) is 19.5 Å². The highest BCUT2D eigenvalue weighted by Gasteiger charge is 2.19. The predicted molar refractivity (Wildman–Crippen MR) is 64.3 cm³/mol. The van der Waals surface area contributed by atoms with E-state index in [4.69, 9.17) is 4.74 Å². The highest BCUT2D eigenvalue weighted by molar-refractivity contribution is 5.18. The maximum absolute atomic E-state index is 10.0. The molecule has 1 aromatic heterocycles. The van der Waals surface area contributed by atoms with E-state index in [-0.39, 0.29) is 5.60 Å². The molecule has 0 aliphatic carbocycles. The number of hydrogen-bond donors (Lipinski definition) is 1. The second kappa shape index (κ2) is 5.41. The van der Waals surface area contributed by atoms with Gasteiger partial charge in [0.15, 0.2) is 0 Å². The van der Waals surface area contributed by atoms with Crippen LogP contribution in [-0.2, 0) is 4.74 Å². The molecule has 90 valence electrons. The summed E-state index contributed by atoms with van der Waals surface area (Å²) in [4.78, 5) is 4.08. The van der Waals surface area contributed by atoms with Crippen molar-refractivity contribution in [3.05, 3.63) is 29.6 Å². The van der Waals surface area contributed by atoms with E-state index in [1.165, 1.54) is 0 Å². The summed E-state index contributed by atoms with van der Waals surface area (Å²) in [7, 11) is 1.70. The minimum Gasteiger partial charge on any atom is -0.388 e. The van der Waals surface area contributed by atoms with Crippen LogP contribution in [0.15, 0.2) is 18.5 Å². The first-order valence-electron chi connectivity index (χ1n) is 5.59. The molecule has 0 saturated heterocycles. The van der Waals surface area contributed by atoms with E-state index in [2.05, 4.69) is 4.98 Å². The lowest BCUT2D eigenvalue weighted by molar-refractivity contribution is 0.00275. The zero-order valence-electron chi connectivity index (χ0n) is 10.5. The molecule has 0 bridgehead atoms. The van der Waals surface area contributed by atoms with E-state index >= 15 is 0 Å². The fraction of sp³-hybridized carbons (Fsp3) is 0.615. The minimum atomic E-state index is -0.457. The maximum atomic E-state index is 10.0. The topological polar surface area (TPSA) is 42.4 Å². The number of rotatable bonds is 5. The average Bonchev–Trinajstić information content (AvgIpc) is 2.26. The van der Waals surface area contributed by atoms with Crippen LogP contribution in [0.2, 0.25) is 0 Å². The molecular weight excluding hydrogens is 202 g/mol. The van der Waals surface area contributed by atoms with Gasteiger partial charge in [-0.15, -0.1) is 0 Å². The number of aliphatic hydroxyl groups is 1. The van der Waals surface area contributed by atoms with E-state index in [1.807, 2.05) is 26.8 Å². The monoisotopic (exact) mass is 223 g/mol. The molecule has 0 radical (unpaired) electrons. The van der Waals surface area contributed by atoms with Gasteiger partial charge < -0.3 is 9.84 Å². The highest BCUT2D eigenvalue weighted by atomic mass is 16.5. The Hall–Kier alpha value is -0.930. The Morgan fingerprint density at radius 2 is 2.12 bits per heavy atom. The number of aryl methyl sites for hydroxylation is 1. The van der Waals surface area contributed by atoms with Crippen LogP contribution in [0.4, 0.5) is 0 Å². The number of ether oxygens (including phenoxy) is 1. The summed E-state index contributed by atoms with van der Waals surface area (Å²) in [6.45, 7) is 6.02. The zero-order valence-corrected chi connectivity index (χ0v) is 10.5. The van der Waals surface area contributed by atoms with Gasteiger partial charge in [-0.05, 0) is 44.7 Å². The maximum Gasteiger partial charge on any atom is 0.0806 e. The molecule has 1 unspecified atom stereocenters. The second-order valence-corrected chi connectivity index (χ2v) is 4.81. The molecule has 1 rings (SSSR count). The van der Waals surface area contributed by atoms with Crippen LogP contribution >= 0.6 is 0 Å². The van der Waals surface area contributed by atoms with Gasteiger partial charge in [-0.1, -0.05) is 6.07 Å². The van der Waals surface area contributed by atoms with Crippen molar-refractivity contribution in [1.82, 2.24) is 4.98 Å². The summed E-state index contributed by atoms with van der Waals surface area (Å²) in [5, 5.41) is 10.0. The van der Waals surface area contributed by atoms with Gasteiger partial charge in [-0.3, -0.25) is 4.98 Å². The fourth-order valence-electron chi connectivity index (χ4n) is 1.51. The Morgan fingerprint density at radius 1 is 1.44 bits per heavy atom. The summed E-state index contributed by atoms with van der Waals surface area (Å²) in [5.74, 6) is 0. The molecule has 0 aromatic carbocycles. The van der Waals surface area contributed by atoms with Crippen LogP contribution in [0, 0.1) is 6.92 Å². The molecule has 0 aliphatic rings. The molecule has 3 heteroatoms. The number of aliphatic hydroxyl groups excluding tert-OH is 1. The standard InChI is InChI=1S/C13H21NO2/c1-10-7-11(9-14-8-10)12(15)5-6-13(2,3)16-4/h7-9,12,15H,5-6H2,1-4H3. The van der Waals surface area contributed by atoms with Crippen molar-refractivity contribution in [2.75, 3.05) is 7.11 Å². The lowest BCUT2D eigenvalue weighted by Crippen LogP contribution is -2.23. The van der Waals surface area contributed by atoms with Crippen LogP contribution in [0.3, 0.4) is 0 Å². The minimum absolute atomic E-state index is 0.182. The van der Waals surface area contributed by atoms with E-state index in [1.54, 1.807) is 19.5 Å². The third-order valence-electron chi connectivity index (χ3n) is 2.85. The first-order chi connectivity index (χ1) is 7.44. The number of nitrogens with zero attached hydrogens (tertiary/aromatic N) is 1. The summed E-state index contributed by atoms with van der Waals surface area (Å²) in [6.07, 6.45) is 4.55. The zero-order chi connectivity index (χ0) is 12.2. The number of hydrogen-bond acceptors (Lipinski definition) is 3. The normalized spacial score (nSPS) is 13.8. The van der Waals surface area contributed by atoms with Crippen molar-refractivity contribution in [3.8, 4) is 0 Å². The van der Waals surface area contributed by atoms with Gasteiger partial charge in [0.1, 0.15) is 0 Å². The molecule has 0 amide bonds. The molecule has 1 heterocycles.